The summed E-state index contributed by atoms with van der Waals surface area (Å²) in [6.07, 6.45) is 1.01. The number of esters is 1. The minimum atomic E-state index is -3.49. The van der Waals surface area contributed by atoms with E-state index >= 15 is 0 Å². The molecular weight excluding hydrogens is 354 g/mol. The van der Waals surface area contributed by atoms with Crippen molar-refractivity contribution in [2.45, 2.75) is 4.90 Å². The maximum Gasteiger partial charge on any atom is 0.340 e. The number of benzene rings is 2. The van der Waals surface area contributed by atoms with Gasteiger partial charge >= 0.3 is 5.97 Å². The zero-order chi connectivity index (χ0) is 17.7. The van der Waals surface area contributed by atoms with Crippen molar-refractivity contribution in [1.82, 2.24) is 0 Å². The Morgan fingerprint density at radius 3 is 2.42 bits per heavy atom. The molecule has 0 aliphatic carbocycles. The topological polar surface area (TPSA) is 89.5 Å². The second-order valence-corrected chi connectivity index (χ2v) is 7.33. The number of carbonyl (C=O) groups is 2. The van der Waals surface area contributed by atoms with E-state index in [1.807, 2.05) is 0 Å². The van der Waals surface area contributed by atoms with Crippen molar-refractivity contribution >= 4 is 39.0 Å². The van der Waals surface area contributed by atoms with Gasteiger partial charge in [-0.1, -0.05) is 29.8 Å². The van der Waals surface area contributed by atoms with Crippen molar-refractivity contribution in [2.24, 2.45) is 0 Å². The molecule has 2 aromatic carbocycles. The van der Waals surface area contributed by atoms with Crippen LogP contribution in [0.1, 0.15) is 10.4 Å². The monoisotopic (exact) mass is 367 g/mol. The lowest BCUT2D eigenvalue weighted by Crippen LogP contribution is -2.21. The third-order valence-electron chi connectivity index (χ3n) is 2.98. The zero-order valence-electron chi connectivity index (χ0n) is 12.7. The first kappa shape index (κ1) is 18.0. The van der Waals surface area contributed by atoms with Crippen molar-refractivity contribution in [2.75, 3.05) is 18.2 Å². The van der Waals surface area contributed by atoms with E-state index in [1.165, 1.54) is 12.1 Å². The Kier molecular flexibility index (Phi) is 5.58. The Morgan fingerprint density at radius 1 is 1.12 bits per heavy atom. The smallest absolute Gasteiger partial charge is 0.340 e. The summed E-state index contributed by atoms with van der Waals surface area (Å²) in [6.45, 7) is -0.521. The number of rotatable bonds is 5. The molecule has 6 nitrogen and oxygen atoms in total. The third kappa shape index (κ3) is 4.81. The van der Waals surface area contributed by atoms with Crippen LogP contribution in [0, 0.1) is 0 Å². The number of hydrogen-bond donors (Lipinski definition) is 1. The second-order valence-electron chi connectivity index (χ2n) is 4.90. The predicted octanol–water partition coefficient (Wildman–Crippen LogP) is 2.54. The van der Waals surface area contributed by atoms with E-state index in [1.54, 1.807) is 30.3 Å². The molecule has 0 fully saturated rings. The lowest BCUT2D eigenvalue weighted by Gasteiger charge is -2.08. The number of anilines is 1. The van der Waals surface area contributed by atoms with Gasteiger partial charge in [0.15, 0.2) is 16.4 Å². The van der Waals surface area contributed by atoms with E-state index < -0.39 is 28.3 Å². The van der Waals surface area contributed by atoms with Crippen molar-refractivity contribution in [3.63, 3.8) is 0 Å². The number of sulfone groups is 1. The van der Waals surface area contributed by atoms with E-state index in [2.05, 4.69) is 5.32 Å². The first-order valence-corrected chi connectivity index (χ1v) is 9.06. The van der Waals surface area contributed by atoms with Crippen molar-refractivity contribution in [3.8, 4) is 0 Å². The Morgan fingerprint density at radius 2 is 1.79 bits per heavy atom. The van der Waals surface area contributed by atoms with Crippen LogP contribution in [-0.4, -0.2) is 33.2 Å². The summed E-state index contributed by atoms with van der Waals surface area (Å²) >= 11 is 5.89. The molecule has 2 aromatic rings. The molecule has 1 amide bonds. The van der Waals surface area contributed by atoms with Gasteiger partial charge in [0.1, 0.15) is 0 Å². The minimum Gasteiger partial charge on any atom is -0.452 e. The molecule has 0 saturated carbocycles. The lowest BCUT2D eigenvalue weighted by atomic mass is 10.2. The fraction of sp³-hybridized carbons (Fsp3) is 0.125. The Labute approximate surface area is 144 Å². The predicted molar refractivity (Wildman–Crippen MR) is 89.9 cm³/mol. The largest absolute Gasteiger partial charge is 0.452 e. The van der Waals surface area contributed by atoms with Gasteiger partial charge in [0, 0.05) is 11.9 Å². The first-order valence-electron chi connectivity index (χ1n) is 6.79. The second kappa shape index (κ2) is 7.46. The maximum absolute atomic E-state index is 12.0. The zero-order valence-corrected chi connectivity index (χ0v) is 14.2. The molecule has 126 valence electrons. The Hall–Kier alpha value is -2.38. The van der Waals surface area contributed by atoms with Crippen LogP contribution >= 0.6 is 11.6 Å². The van der Waals surface area contributed by atoms with Crippen molar-refractivity contribution in [3.05, 3.63) is 59.1 Å². The molecule has 0 bridgehead atoms. The van der Waals surface area contributed by atoms with E-state index in [0.29, 0.717) is 5.69 Å². The molecule has 0 aliphatic rings. The standard InChI is InChI=1S/C16H14ClNO5S/c1-24(21,22)12-7-8-14(17)13(9-12)16(20)23-10-15(19)18-11-5-3-2-4-6-11/h2-9H,10H2,1H3,(H,18,19). The quantitative estimate of drug-likeness (QED) is 0.820. The number of hydrogen-bond acceptors (Lipinski definition) is 5. The fourth-order valence-electron chi connectivity index (χ4n) is 1.82. The molecule has 0 unspecified atom stereocenters. The molecule has 8 heteroatoms. The van der Waals surface area contributed by atoms with E-state index in [-0.39, 0.29) is 15.5 Å². The molecule has 1 N–H and O–H groups in total. The van der Waals surface area contributed by atoms with Crippen LogP contribution in [-0.2, 0) is 19.4 Å². The van der Waals surface area contributed by atoms with Crippen LogP contribution in [0.4, 0.5) is 5.69 Å². The van der Waals surface area contributed by atoms with Gasteiger partial charge in [-0.3, -0.25) is 4.79 Å². The molecule has 24 heavy (non-hydrogen) atoms. The van der Waals surface area contributed by atoms with E-state index in [4.69, 9.17) is 16.3 Å². The molecule has 0 radical (unpaired) electrons. The fourth-order valence-corrected chi connectivity index (χ4v) is 2.66. The molecule has 2 rings (SSSR count). The summed E-state index contributed by atoms with van der Waals surface area (Å²) in [7, 11) is -3.49. The van der Waals surface area contributed by atoms with E-state index in [9.17, 15) is 18.0 Å². The van der Waals surface area contributed by atoms with Gasteiger partial charge in [0.25, 0.3) is 5.91 Å². The Balaban J connectivity index is 2.03. The normalized spacial score (nSPS) is 10.9. The van der Waals surface area contributed by atoms with Gasteiger partial charge < -0.3 is 10.1 Å². The number of amides is 1. The highest BCUT2D eigenvalue weighted by Gasteiger charge is 2.17. The highest BCUT2D eigenvalue weighted by Crippen LogP contribution is 2.21. The average Bonchev–Trinajstić information content (AvgIpc) is 2.53. The summed E-state index contributed by atoms with van der Waals surface area (Å²) in [4.78, 5) is 23.7. The van der Waals surface area contributed by atoms with Crippen LogP contribution < -0.4 is 5.32 Å². The van der Waals surface area contributed by atoms with Gasteiger partial charge in [-0.2, -0.15) is 0 Å². The van der Waals surface area contributed by atoms with Crippen molar-refractivity contribution in [1.29, 1.82) is 0 Å². The molecule has 0 atom stereocenters. The summed E-state index contributed by atoms with van der Waals surface area (Å²) in [5, 5.41) is 2.59. The first-order chi connectivity index (χ1) is 11.3. The van der Waals surface area contributed by atoms with Crippen LogP contribution in [0.5, 0.6) is 0 Å². The number of nitrogens with one attached hydrogen (secondary N) is 1. The van der Waals surface area contributed by atoms with E-state index in [0.717, 1.165) is 12.3 Å². The molecular formula is C16H14ClNO5S. The molecule has 0 aromatic heterocycles. The SMILES string of the molecule is CS(=O)(=O)c1ccc(Cl)c(C(=O)OCC(=O)Nc2ccccc2)c1. The average molecular weight is 368 g/mol. The van der Waals surface area contributed by atoms with Gasteiger partial charge in [-0.25, -0.2) is 13.2 Å². The van der Waals surface area contributed by atoms with Gasteiger partial charge in [0.05, 0.1) is 15.5 Å². The molecule has 0 heterocycles. The summed E-state index contributed by atoms with van der Waals surface area (Å²) < 4.78 is 27.9. The molecule has 0 aliphatic heterocycles. The highest BCUT2D eigenvalue weighted by molar-refractivity contribution is 7.90. The van der Waals surface area contributed by atoms with Crippen LogP contribution in [0.3, 0.4) is 0 Å². The summed E-state index contributed by atoms with van der Waals surface area (Å²) in [5.74, 6) is -1.40. The van der Waals surface area contributed by atoms with Gasteiger partial charge in [0.2, 0.25) is 0 Å². The number of carbonyl (C=O) groups excluding carboxylic acids is 2. The van der Waals surface area contributed by atoms with Gasteiger partial charge in [-0.15, -0.1) is 0 Å². The summed E-state index contributed by atoms with van der Waals surface area (Å²) in [5.41, 5.74) is 0.447. The maximum atomic E-state index is 12.0. The van der Waals surface area contributed by atoms with Gasteiger partial charge in [-0.05, 0) is 30.3 Å². The van der Waals surface area contributed by atoms with Crippen LogP contribution in [0.25, 0.3) is 0 Å². The number of para-hydroxylation sites is 1. The Bertz CT molecular complexity index is 865. The van der Waals surface area contributed by atoms with Crippen LogP contribution in [0.15, 0.2) is 53.4 Å². The molecule has 0 saturated heterocycles. The highest BCUT2D eigenvalue weighted by atomic mass is 35.5. The van der Waals surface area contributed by atoms with Crippen molar-refractivity contribution < 1.29 is 22.7 Å². The molecule has 0 spiro atoms. The minimum absolute atomic E-state index is 0.0378. The number of halogens is 1. The number of ether oxygens (including phenoxy) is 1. The third-order valence-corrected chi connectivity index (χ3v) is 4.42. The van der Waals surface area contributed by atoms with Crippen LogP contribution in [0.2, 0.25) is 5.02 Å². The summed E-state index contributed by atoms with van der Waals surface area (Å²) in [6, 6.07) is 12.4. The lowest BCUT2D eigenvalue weighted by molar-refractivity contribution is -0.119.